The largest absolute Gasteiger partial charge is 0.503 e. The van der Waals surface area contributed by atoms with Crippen molar-refractivity contribution in [3.8, 4) is 11.5 Å². The minimum absolute atomic E-state index is 0.0119. The second-order valence-corrected chi connectivity index (χ2v) is 9.55. The van der Waals surface area contributed by atoms with Crippen LogP contribution in [0.5, 0.6) is 11.5 Å². The lowest BCUT2D eigenvalue weighted by Gasteiger charge is -2.30. The van der Waals surface area contributed by atoms with Crippen LogP contribution >= 0.6 is 0 Å². The van der Waals surface area contributed by atoms with Gasteiger partial charge in [0.25, 0.3) is 5.91 Å². The topological polar surface area (TPSA) is 102 Å². The van der Waals surface area contributed by atoms with Crippen LogP contribution in [0.2, 0.25) is 0 Å². The van der Waals surface area contributed by atoms with Gasteiger partial charge in [0.05, 0.1) is 38.0 Å². The molecule has 0 aliphatic carbocycles. The highest BCUT2D eigenvalue weighted by Gasteiger charge is 2.44. The van der Waals surface area contributed by atoms with E-state index in [0.717, 1.165) is 32.5 Å². The molecule has 0 bridgehead atoms. The molecule has 0 radical (unpaired) electrons. The summed E-state index contributed by atoms with van der Waals surface area (Å²) < 4.78 is 22.8. The monoisotopic (exact) mass is 526 g/mol. The fraction of sp³-hybridized carbons (Fsp3) is 0.517. The lowest BCUT2D eigenvalue weighted by molar-refractivity contribution is -0.129. The van der Waals surface area contributed by atoms with Gasteiger partial charge in [-0.1, -0.05) is 19.4 Å². The Balaban J connectivity index is 1.65. The quantitative estimate of drug-likeness (QED) is 0.301. The van der Waals surface area contributed by atoms with E-state index < -0.39 is 23.5 Å². The van der Waals surface area contributed by atoms with E-state index in [1.165, 1.54) is 0 Å². The first-order valence-corrected chi connectivity index (χ1v) is 13.5. The van der Waals surface area contributed by atoms with Crippen molar-refractivity contribution < 1.29 is 33.3 Å². The molecule has 1 saturated heterocycles. The maximum atomic E-state index is 13.6. The Morgan fingerprint density at radius 1 is 1.05 bits per heavy atom. The summed E-state index contributed by atoms with van der Waals surface area (Å²) in [5.41, 5.74) is 0.671. The van der Waals surface area contributed by atoms with Gasteiger partial charge in [-0.2, -0.15) is 0 Å². The highest BCUT2D eigenvalue weighted by atomic mass is 16.5. The van der Waals surface area contributed by atoms with Crippen LogP contribution in [0.3, 0.4) is 0 Å². The molecule has 4 rings (SSSR count). The van der Waals surface area contributed by atoms with Crippen molar-refractivity contribution in [3.05, 3.63) is 58.7 Å². The molecule has 1 N–H and O–H groups in total. The van der Waals surface area contributed by atoms with E-state index in [1.807, 2.05) is 13.0 Å². The molecule has 9 heteroatoms. The molecule has 206 valence electrons. The summed E-state index contributed by atoms with van der Waals surface area (Å²) in [5.74, 6) is 0.187. The number of ether oxygens (including phenoxy) is 3. The summed E-state index contributed by atoms with van der Waals surface area (Å²) in [6, 6.07) is 7.91. The van der Waals surface area contributed by atoms with Gasteiger partial charge in [0.2, 0.25) is 5.78 Å². The van der Waals surface area contributed by atoms with Gasteiger partial charge in [-0.15, -0.1) is 0 Å². The molecular formula is C29H38N2O7. The zero-order valence-electron chi connectivity index (χ0n) is 22.5. The van der Waals surface area contributed by atoms with E-state index in [1.54, 1.807) is 36.1 Å². The summed E-state index contributed by atoms with van der Waals surface area (Å²) in [7, 11) is 0. The molecule has 1 amide bonds. The second kappa shape index (κ2) is 13.0. The summed E-state index contributed by atoms with van der Waals surface area (Å²) in [6.45, 7) is 11.0. The maximum absolute atomic E-state index is 13.6. The van der Waals surface area contributed by atoms with Crippen LogP contribution in [-0.2, 0) is 9.53 Å². The molecule has 2 aliphatic rings. The maximum Gasteiger partial charge on any atom is 0.290 e. The van der Waals surface area contributed by atoms with E-state index in [-0.39, 0.29) is 11.3 Å². The second-order valence-electron chi connectivity index (χ2n) is 9.55. The Bertz CT molecular complexity index is 1150. The fourth-order valence-electron chi connectivity index (χ4n) is 4.85. The minimum atomic E-state index is -0.783. The lowest BCUT2D eigenvalue weighted by atomic mass is 9.94. The van der Waals surface area contributed by atoms with Crippen LogP contribution in [-0.4, -0.2) is 79.2 Å². The van der Waals surface area contributed by atoms with Gasteiger partial charge in [0.1, 0.15) is 5.76 Å². The first kappa shape index (κ1) is 27.7. The van der Waals surface area contributed by atoms with Crippen LogP contribution in [0.1, 0.15) is 61.0 Å². The number of rotatable bonds is 13. The Kier molecular flexibility index (Phi) is 9.47. The zero-order valence-corrected chi connectivity index (χ0v) is 22.5. The van der Waals surface area contributed by atoms with E-state index in [2.05, 4.69) is 11.8 Å². The van der Waals surface area contributed by atoms with Crippen LogP contribution in [0.25, 0.3) is 0 Å². The van der Waals surface area contributed by atoms with E-state index in [9.17, 15) is 14.7 Å². The summed E-state index contributed by atoms with van der Waals surface area (Å²) in [5, 5.41) is 11.0. The number of Topliss-reactive ketones (excluding diaryl/α,β-unsaturated/α-hetero) is 1. The van der Waals surface area contributed by atoms with Gasteiger partial charge >= 0.3 is 0 Å². The number of aliphatic hydroxyl groups excluding tert-OH is 1. The van der Waals surface area contributed by atoms with Crippen LogP contribution in [0.15, 0.2) is 46.1 Å². The SMILES string of the molecule is CCCCOc1ccc(C2C(C(=O)c3ccc(C)o3)=C(O)C(=O)N2CCCN2CCOCC2)cc1OCC. The number of hydrogen-bond donors (Lipinski definition) is 1. The van der Waals surface area contributed by atoms with Gasteiger partial charge in [0, 0.05) is 26.2 Å². The fourth-order valence-corrected chi connectivity index (χ4v) is 4.85. The van der Waals surface area contributed by atoms with Crippen molar-refractivity contribution in [1.29, 1.82) is 0 Å². The smallest absolute Gasteiger partial charge is 0.290 e. The molecule has 2 aliphatic heterocycles. The third kappa shape index (κ3) is 6.22. The number of carbonyl (C=O) groups excluding carboxylic acids is 2. The molecule has 1 unspecified atom stereocenters. The number of nitrogens with zero attached hydrogens (tertiary/aromatic N) is 2. The molecule has 1 fully saturated rings. The van der Waals surface area contributed by atoms with Gasteiger partial charge in [-0.3, -0.25) is 14.5 Å². The van der Waals surface area contributed by atoms with E-state index in [0.29, 0.717) is 62.2 Å². The number of amides is 1. The molecule has 1 aromatic carbocycles. The Labute approximate surface area is 223 Å². The number of aliphatic hydroxyl groups is 1. The molecule has 0 spiro atoms. The number of aryl methyl sites for hydroxylation is 1. The van der Waals surface area contributed by atoms with Crippen molar-refractivity contribution in [1.82, 2.24) is 9.80 Å². The van der Waals surface area contributed by atoms with E-state index >= 15 is 0 Å². The molecule has 38 heavy (non-hydrogen) atoms. The number of hydrogen-bond acceptors (Lipinski definition) is 8. The Hall–Kier alpha value is -3.30. The molecular weight excluding hydrogens is 488 g/mol. The first-order chi connectivity index (χ1) is 18.4. The van der Waals surface area contributed by atoms with Crippen molar-refractivity contribution >= 4 is 11.7 Å². The average molecular weight is 527 g/mol. The van der Waals surface area contributed by atoms with Crippen molar-refractivity contribution in [2.24, 2.45) is 0 Å². The van der Waals surface area contributed by atoms with Crippen molar-refractivity contribution in [3.63, 3.8) is 0 Å². The zero-order chi connectivity index (χ0) is 27.1. The van der Waals surface area contributed by atoms with Gasteiger partial charge in [-0.25, -0.2) is 0 Å². The predicted octanol–water partition coefficient (Wildman–Crippen LogP) is 4.47. The van der Waals surface area contributed by atoms with Gasteiger partial charge in [-0.05, 0) is 56.5 Å². The number of furan rings is 1. The third-order valence-corrected chi connectivity index (χ3v) is 6.83. The number of morpholine rings is 1. The predicted molar refractivity (Wildman–Crippen MR) is 142 cm³/mol. The van der Waals surface area contributed by atoms with E-state index in [4.69, 9.17) is 18.6 Å². The number of unbranched alkanes of at least 4 members (excludes halogenated alkanes) is 1. The van der Waals surface area contributed by atoms with Gasteiger partial charge < -0.3 is 28.6 Å². The van der Waals surface area contributed by atoms with Crippen LogP contribution in [0, 0.1) is 6.92 Å². The normalized spacial score (nSPS) is 18.3. The average Bonchev–Trinajstić information content (AvgIpc) is 3.46. The summed E-state index contributed by atoms with van der Waals surface area (Å²) in [6.07, 6.45) is 2.61. The third-order valence-electron chi connectivity index (χ3n) is 6.83. The van der Waals surface area contributed by atoms with Crippen molar-refractivity contribution in [2.75, 3.05) is 52.6 Å². The number of ketones is 1. The highest BCUT2D eigenvalue weighted by Crippen LogP contribution is 2.42. The minimum Gasteiger partial charge on any atom is -0.503 e. The lowest BCUT2D eigenvalue weighted by Crippen LogP contribution is -2.39. The summed E-state index contributed by atoms with van der Waals surface area (Å²) in [4.78, 5) is 30.7. The molecule has 1 aromatic heterocycles. The highest BCUT2D eigenvalue weighted by molar-refractivity contribution is 6.15. The Morgan fingerprint density at radius 2 is 1.84 bits per heavy atom. The molecule has 9 nitrogen and oxygen atoms in total. The standard InChI is InChI=1S/C29H38N2O7/c1-4-6-16-37-22-11-9-21(19-24(22)36-5-2)26-25(27(32)23-10-8-20(3)38-23)28(33)29(34)31(26)13-7-12-30-14-17-35-18-15-30/h8-11,19,26,33H,4-7,12-18H2,1-3H3. The summed E-state index contributed by atoms with van der Waals surface area (Å²) >= 11 is 0. The molecule has 0 saturated carbocycles. The first-order valence-electron chi connectivity index (χ1n) is 13.5. The molecule has 1 atom stereocenters. The molecule has 3 heterocycles. The van der Waals surface area contributed by atoms with Crippen molar-refractivity contribution in [2.45, 2.75) is 46.1 Å². The number of benzene rings is 1. The Morgan fingerprint density at radius 3 is 2.53 bits per heavy atom. The van der Waals surface area contributed by atoms with Gasteiger partial charge in [0.15, 0.2) is 23.0 Å². The number of carbonyl (C=O) groups is 2. The van der Waals surface area contributed by atoms with Crippen LogP contribution < -0.4 is 9.47 Å². The van der Waals surface area contributed by atoms with Crippen LogP contribution in [0.4, 0.5) is 0 Å². The molecule has 2 aromatic rings.